The summed E-state index contributed by atoms with van der Waals surface area (Å²) in [5.41, 5.74) is 2.24. The number of anilines is 1. The molecular weight excluding hydrogens is 304 g/mol. The lowest BCUT2D eigenvalue weighted by Crippen LogP contribution is -2.45. The summed E-state index contributed by atoms with van der Waals surface area (Å²) in [6, 6.07) is 5.67. The average Bonchev–Trinajstić information content (AvgIpc) is 2.64. The summed E-state index contributed by atoms with van der Waals surface area (Å²) in [7, 11) is 0. The van der Waals surface area contributed by atoms with Gasteiger partial charge in [0.25, 0.3) is 5.56 Å². The molecule has 1 aliphatic rings. The summed E-state index contributed by atoms with van der Waals surface area (Å²) in [6.45, 7) is 4.84. The first kappa shape index (κ1) is 16.0. The Morgan fingerprint density at radius 2 is 2.17 bits per heavy atom. The fourth-order valence-electron chi connectivity index (χ4n) is 2.95. The maximum atomic E-state index is 12.1. The van der Waals surface area contributed by atoms with Crippen molar-refractivity contribution in [2.24, 2.45) is 0 Å². The molecule has 124 valence electrons. The van der Waals surface area contributed by atoms with Crippen LogP contribution in [0.25, 0.3) is 11.1 Å². The van der Waals surface area contributed by atoms with Crippen molar-refractivity contribution in [3.63, 3.8) is 0 Å². The minimum absolute atomic E-state index is 0.0523. The normalized spacial score (nSPS) is 17.3. The second-order valence-corrected chi connectivity index (χ2v) is 5.84. The molecule has 6 nitrogen and oxygen atoms in total. The Balaban J connectivity index is 1.78. The third-order valence-corrected chi connectivity index (χ3v) is 4.18. The number of nitrogens with zero attached hydrogens (tertiary/aromatic N) is 2. The summed E-state index contributed by atoms with van der Waals surface area (Å²) in [5.74, 6) is -0.0686. The van der Waals surface area contributed by atoms with Crippen molar-refractivity contribution < 1.29 is 4.79 Å². The number of aromatic nitrogens is 2. The lowest BCUT2D eigenvalue weighted by Gasteiger charge is -2.32. The molecule has 3 heterocycles. The van der Waals surface area contributed by atoms with Crippen LogP contribution in [0.1, 0.15) is 12.8 Å². The van der Waals surface area contributed by atoms with Gasteiger partial charge in [-0.3, -0.25) is 14.6 Å². The summed E-state index contributed by atoms with van der Waals surface area (Å²) in [5, 5.41) is 3.28. The van der Waals surface area contributed by atoms with Gasteiger partial charge in [0.1, 0.15) is 5.69 Å². The molecule has 1 atom stereocenters. The van der Waals surface area contributed by atoms with Crippen LogP contribution in [0.15, 0.2) is 54.2 Å². The molecule has 1 fully saturated rings. The zero-order valence-corrected chi connectivity index (χ0v) is 13.4. The number of piperidine rings is 1. The van der Waals surface area contributed by atoms with Gasteiger partial charge < -0.3 is 15.2 Å². The second kappa shape index (κ2) is 7.12. The number of hydrogen-bond donors (Lipinski definition) is 2. The number of amides is 1. The first-order chi connectivity index (χ1) is 11.7. The SMILES string of the molecule is C=CC(=O)N1CCC[C@@H](Nc2cc(-c3ccncc3)c[nH]c2=O)C1. The van der Waals surface area contributed by atoms with Gasteiger partial charge in [-0.1, -0.05) is 6.58 Å². The molecule has 0 spiro atoms. The van der Waals surface area contributed by atoms with Gasteiger partial charge in [-0.15, -0.1) is 0 Å². The van der Waals surface area contributed by atoms with Crippen LogP contribution < -0.4 is 10.9 Å². The molecule has 2 aromatic heterocycles. The highest BCUT2D eigenvalue weighted by Gasteiger charge is 2.22. The van der Waals surface area contributed by atoms with Gasteiger partial charge in [0.15, 0.2) is 0 Å². The van der Waals surface area contributed by atoms with Crippen molar-refractivity contribution in [3.05, 3.63) is 59.8 Å². The van der Waals surface area contributed by atoms with E-state index >= 15 is 0 Å². The molecule has 0 aromatic carbocycles. The summed E-state index contributed by atoms with van der Waals surface area (Å²) in [6.07, 6.45) is 8.27. The average molecular weight is 324 g/mol. The van der Waals surface area contributed by atoms with Crippen molar-refractivity contribution in [1.82, 2.24) is 14.9 Å². The number of carbonyl (C=O) groups is 1. The van der Waals surface area contributed by atoms with Crippen LogP contribution in [0.5, 0.6) is 0 Å². The van der Waals surface area contributed by atoms with Gasteiger partial charge in [0.2, 0.25) is 5.91 Å². The van der Waals surface area contributed by atoms with E-state index in [0.29, 0.717) is 12.2 Å². The Kier molecular flexibility index (Phi) is 4.74. The van der Waals surface area contributed by atoms with Crippen molar-refractivity contribution in [2.75, 3.05) is 18.4 Å². The molecule has 6 heteroatoms. The van der Waals surface area contributed by atoms with Crippen molar-refractivity contribution >= 4 is 11.6 Å². The lowest BCUT2D eigenvalue weighted by molar-refractivity contribution is -0.127. The van der Waals surface area contributed by atoms with Gasteiger partial charge >= 0.3 is 0 Å². The maximum Gasteiger partial charge on any atom is 0.271 e. The number of pyridine rings is 2. The molecule has 0 bridgehead atoms. The number of hydrogen-bond acceptors (Lipinski definition) is 4. The zero-order chi connectivity index (χ0) is 16.9. The van der Waals surface area contributed by atoms with Crippen LogP contribution >= 0.6 is 0 Å². The van der Waals surface area contributed by atoms with Crippen LogP contribution in [0.4, 0.5) is 5.69 Å². The van der Waals surface area contributed by atoms with E-state index in [1.54, 1.807) is 23.5 Å². The van der Waals surface area contributed by atoms with Crippen LogP contribution in [-0.4, -0.2) is 39.9 Å². The molecule has 2 N–H and O–H groups in total. The van der Waals surface area contributed by atoms with E-state index in [2.05, 4.69) is 21.9 Å². The zero-order valence-electron chi connectivity index (χ0n) is 13.4. The molecule has 3 rings (SSSR count). The molecule has 0 saturated carbocycles. The highest BCUT2D eigenvalue weighted by Crippen LogP contribution is 2.20. The van der Waals surface area contributed by atoms with E-state index in [-0.39, 0.29) is 17.5 Å². The summed E-state index contributed by atoms with van der Waals surface area (Å²) in [4.78, 5) is 32.4. The predicted molar refractivity (Wildman–Crippen MR) is 93.7 cm³/mol. The van der Waals surface area contributed by atoms with Crippen LogP contribution in [-0.2, 0) is 4.79 Å². The fourth-order valence-corrected chi connectivity index (χ4v) is 2.95. The smallest absolute Gasteiger partial charge is 0.271 e. The molecule has 1 aliphatic heterocycles. The van der Waals surface area contributed by atoms with Gasteiger partial charge in [-0.05, 0) is 42.7 Å². The molecule has 24 heavy (non-hydrogen) atoms. The van der Waals surface area contributed by atoms with E-state index in [0.717, 1.165) is 30.5 Å². The third-order valence-electron chi connectivity index (χ3n) is 4.18. The molecule has 0 radical (unpaired) electrons. The van der Waals surface area contributed by atoms with Crippen LogP contribution in [0, 0.1) is 0 Å². The topological polar surface area (TPSA) is 78.1 Å². The number of carbonyl (C=O) groups excluding carboxylic acids is 1. The molecule has 0 aliphatic carbocycles. The maximum absolute atomic E-state index is 12.1. The van der Waals surface area contributed by atoms with Gasteiger partial charge in [-0.2, -0.15) is 0 Å². The standard InChI is InChI=1S/C18H20N4O2/c1-2-17(23)22-9-3-4-15(12-22)21-16-10-14(11-20-18(16)24)13-5-7-19-8-6-13/h2,5-8,10-11,15,21H,1,3-4,9,12H2,(H,20,24)/t15-/m1/s1. The van der Waals surface area contributed by atoms with E-state index in [1.807, 2.05) is 18.2 Å². The number of nitrogens with one attached hydrogen (secondary N) is 2. The Bertz CT molecular complexity index is 785. The van der Waals surface area contributed by atoms with Crippen molar-refractivity contribution in [3.8, 4) is 11.1 Å². The molecule has 1 saturated heterocycles. The lowest BCUT2D eigenvalue weighted by atomic mass is 10.0. The van der Waals surface area contributed by atoms with Gasteiger partial charge in [0, 0.05) is 43.3 Å². The number of likely N-dealkylation sites (tertiary alicyclic amines) is 1. The largest absolute Gasteiger partial charge is 0.376 e. The van der Waals surface area contributed by atoms with E-state index in [4.69, 9.17) is 0 Å². The van der Waals surface area contributed by atoms with E-state index < -0.39 is 0 Å². The van der Waals surface area contributed by atoms with Gasteiger partial charge in [-0.25, -0.2) is 0 Å². The highest BCUT2D eigenvalue weighted by molar-refractivity contribution is 5.87. The highest BCUT2D eigenvalue weighted by atomic mass is 16.2. The first-order valence-corrected chi connectivity index (χ1v) is 7.98. The number of rotatable bonds is 4. The Morgan fingerprint density at radius 3 is 2.92 bits per heavy atom. The first-order valence-electron chi connectivity index (χ1n) is 7.98. The Hall–Kier alpha value is -2.89. The fraction of sp³-hybridized carbons (Fsp3) is 0.278. The second-order valence-electron chi connectivity index (χ2n) is 5.84. The van der Waals surface area contributed by atoms with Crippen LogP contribution in [0.3, 0.4) is 0 Å². The Labute approximate surface area is 140 Å². The third kappa shape index (κ3) is 3.53. The minimum atomic E-state index is -0.167. The Morgan fingerprint density at radius 1 is 1.38 bits per heavy atom. The molecule has 1 amide bonds. The monoisotopic (exact) mass is 324 g/mol. The molecule has 0 unspecified atom stereocenters. The summed E-state index contributed by atoms with van der Waals surface area (Å²) < 4.78 is 0. The van der Waals surface area contributed by atoms with Crippen molar-refractivity contribution in [2.45, 2.75) is 18.9 Å². The van der Waals surface area contributed by atoms with Crippen LogP contribution in [0.2, 0.25) is 0 Å². The van der Waals surface area contributed by atoms with Gasteiger partial charge in [0.05, 0.1) is 0 Å². The quantitative estimate of drug-likeness (QED) is 0.844. The van der Waals surface area contributed by atoms with E-state index in [1.165, 1.54) is 6.08 Å². The number of aromatic amines is 1. The van der Waals surface area contributed by atoms with E-state index in [9.17, 15) is 9.59 Å². The molecule has 2 aromatic rings. The molecular formula is C18H20N4O2. The summed E-state index contributed by atoms with van der Waals surface area (Å²) >= 11 is 0. The minimum Gasteiger partial charge on any atom is -0.376 e. The van der Waals surface area contributed by atoms with Crippen molar-refractivity contribution in [1.29, 1.82) is 0 Å². The predicted octanol–water partition coefficient (Wildman–Crippen LogP) is 2.03. The number of H-pyrrole nitrogens is 1.